The molecule has 0 atom stereocenters. The molecule has 0 unspecified atom stereocenters. The van der Waals surface area contributed by atoms with Crippen LogP contribution in [0.3, 0.4) is 0 Å². The Kier molecular flexibility index (Phi) is 5.32. The quantitative estimate of drug-likeness (QED) is 0.505. The van der Waals surface area contributed by atoms with Gasteiger partial charge in [0.2, 0.25) is 0 Å². The molecule has 0 fully saturated rings. The molecular formula is C20H17FN2O2S. The summed E-state index contributed by atoms with van der Waals surface area (Å²) in [4.78, 5) is 29.1. The Hall–Kier alpha value is -2.73. The number of benzene rings is 2. The van der Waals surface area contributed by atoms with Crippen LogP contribution >= 0.6 is 11.8 Å². The van der Waals surface area contributed by atoms with Crippen LogP contribution in [0.1, 0.15) is 21.5 Å². The molecule has 6 heteroatoms. The first-order chi connectivity index (χ1) is 12.5. The average Bonchev–Trinajstić information content (AvgIpc) is 2.61. The van der Waals surface area contributed by atoms with Crippen LogP contribution in [0.2, 0.25) is 0 Å². The Bertz CT molecular complexity index is 1010. The number of halogens is 1. The van der Waals surface area contributed by atoms with E-state index in [1.54, 1.807) is 0 Å². The molecule has 0 amide bonds. The van der Waals surface area contributed by atoms with Crippen molar-refractivity contribution in [2.24, 2.45) is 0 Å². The van der Waals surface area contributed by atoms with Crippen LogP contribution in [0.15, 0.2) is 64.7 Å². The monoisotopic (exact) mass is 368 g/mol. The van der Waals surface area contributed by atoms with E-state index in [1.165, 1.54) is 41.2 Å². The first kappa shape index (κ1) is 18.1. The minimum absolute atomic E-state index is 0.0501. The summed E-state index contributed by atoms with van der Waals surface area (Å²) in [5, 5.41) is 0.231. The molecule has 3 rings (SSSR count). The van der Waals surface area contributed by atoms with E-state index < -0.39 is 0 Å². The van der Waals surface area contributed by atoms with Gasteiger partial charge >= 0.3 is 0 Å². The van der Waals surface area contributed by atoms with E-state index >= 15 is 0 Å². The molecule has 1 heterocycles. The van der Waals surface area contributed by atoms with Gasteiger partial charge in [-0.25, -0.2) is 9.37 Å². The smallest absolute Gasteiger partial charge is 0.287 e. The summed E-state index contributed by atoms with van der Waals surface area (Å²) >= 11 is 1.11. The summed E-state index contributed by atoms with van der Waals surface area (Å²) in [6, 6.07) is 11.3. The van der Waals surface area contributed by atoms with Gasteiger partial charge in [-0.2, -0.15) is 0 Å². The largest absolute Gasteiger partial charge is 0.293 e. The number of rotatable bonds is 5. The van der Waals surface area contributed by atoms with Crippen molar-refractivity contribution in [2.45, 2.75) is 18.9 Å². The minimum atomic E-state index is -0.371. The van der Waals surface area contributed by atoms with Gasteiger partial charge in [0.25, 0.3) is 5.56 Å². The number of hydrogen-bond acceptors (Lipinski definition) is 4. The highest BCUT2D eigenvalue weighted by Crippen LogP contribution is 2.17. The molecule has 0 spiro atoms. The lowest BCUT2D eigenvalue weighted by atomic mass is 10.0. The van der Waals surface area contributed by atoms with Gasteiger partial charge in [-0.1, -0.05) is 35.5 Å². The first-order valence-corrected chi connectivity index (χ1v) is 9.01. The van der Waals surface area contributed by atoms with Gasteiger partial charge in [0, 0.05) is 23.6 Å². The second kappa shape index (κ2) is 7.66. The highest BCUT2D eigenvalue weighted by molar-refractivity contribution is 7.99. The molecule has 0 saturated carbocycles. The maximum absolute atomic E-state index is 13.1. The van der Waals surface area contributed by atoms with E-state index in [9.17, 15) is 14.0 Å². The van der Waals surface area contributed by atoms with E-state index in [-0.39, 0.29) is 27.9 Å². The Morgan fingerprint density at radius 2 is 1.88 bits per heavy atom. The normalized spacial score (nSPS) is 10.7. The molecule has 3 aromatic rings. The summed E-state index contributed by atoms with van der Waals surface area (Å²) in [5.74, 6) is -0.296. The molecule has 0 aliphatic heterocycles. The molecule has 1 aromatic heterocycles. The Morgan fingerprint density at radius 3 is 2.58 bits per heavy atom. The van der Waals surface area contributed by atoms with Crippen molar-refractivity contribution in [3.8, 4) is 5.69 Å². The van der Waals surface area contributed by atoms with Crippen molar-refractivity contribution in [3.63, 3.8) is 0 Å². The van der Waals surface area contributed by atoms with Gasteiger partial charge in [0.1, 0.15) is 5.82 Å². The van der Waals surface area contributed by atoms with E-state index in [2.05, 4.69) is 4.98 Å². The van der Waals surface area contributed by atoms with Gasteiger partial charge in [0.15, 0.2) is 10.8 Å². The zero-order valence-corrected chi connectivity index (χ0v) is 15.2. The van der Waals surface area contributed by atoms with Gasteiger partial charge < -0.3 is 0 Å². The summed E-state index contributed by atoms with van der Waals surface area (Å²) in [7, 11) is 0. The van der Waals surface area contributed by atoms with Crippen LogP contribution in [-0.2, 0) is 0 Å². The third kappa shape index (κ3) is 3.91. The maximum atomic E-state index is 13.1. The van der Waals surface area contributed by atoms with E-state index in [0.717, 1.165) is 22.9 Å². The van der Waals surface area contributed by atoms with Crippen molar-refractivity contribution < 1.29 is 9.18 Å². The highest BCUT2D eigenvalue weighted by Gasteiger charge is 2.13. The third-order valence-electron chi connectivity index (χ3n) is 3.94. The molecule has 0 aliphatic carbocycles. The number of Topliss-reactive ketones (excluding diaryl/α,β-unsaturated/α-hetero) is 1. The highest BCUT2D eigenvalue weighted by atomic mass is 32.2. The second-order valence-corrected chi connectivity index (χ2v) is 6.88. The van der Waals surface area contributed by atoms with Gasteiger partial charge in [-0.3, -0.25) is 14.2 Å². The number of aromatic nitrogens is 2. The topological polar surface area (TPSA) is 52.0 Å². The van der Waals surface area contributed by atoms with E-state index in [1.807, 2.05) is 32.0 Å². The molecule has 132 valence electrons. The molecular weight excluding hydrogens is 351 g/mol. The molecule has 0 radical (unpaired) electrons. The molecule has 0 aliphatic rings. The molecule has 0 N–H and O–H groups in total. The van der Waals surface area contributed by atoms with E-state index in [4.69, 9.17) is 0 Å². The fraction of sp³-hybridized carbons (Fsp3) is 0.150. The van der Waals surface area contributed by atoms with Crippen LogP contribution in [0, 0.1) is 19.7 Å². The lowest BCUT2D eigenvalue weighted by Crippen LogP contribution is -2.21. The van der Waals surface area contributed by atoms with Crippen molar-refractivity contribution in [2.75, 3.05) is 5.75 Å². The number of aryl methyl sites for hydroxylation is 2. The van der Waals surface area contributed by atoms with Crippen molar-refractivity contribution in [1.82, 2.24) is 9.55 Å². The van der Waals surface area contributed by atoms with Crippen molar-refractivity contribution >= 4 is 17.5 Å². The Labute approximate surface area is 154 Å². The van der Waals surface area contributed by atoms with E-state index in [0.29, 0.717) is 11.3 Å². The average molecular weight is 368 g/mol. The van der Waals surface area contributed by atoms with Crippen LogP contribution in [0.4, 0.5) is 4.39 Å². The number of hydrogen-bond donors (Lipinski definition) is 0. The number of thioether (sulfide) groups is 1. The molecule has 0 bridgehead atoms. The maximum Gasteiger partial charge on any atom is 0.287 e. The number of nitrogens with zero attached hydrogens (tertiary/aromatic N) is 2. The second-order valence-electron chi connectivity index (χ2n) is 5.91. The van der Waals surface area contributed by atoms with Crippen LogP contribution in [0.25, 0.3) is 5.69 Å². The molecule has 2 aromatic carbocycles. The minimum Gasteiger partial charge on any atom is -0.293 e. The lowest BCUT2D eigenvalue weighted by Gasteiger charge is -2.08. The molecule has 0 saturated heterocycles. The fourth-order valence-electron chi connectivity index (χ4n) is 2.64. The number of ketones is 1. The number of carbonyl (C=O) groups is 1. The van der Waals surface area contributed by atoms with Crippen molar-refractivity contribution in [3.05, 3.63) is 87.7 Å². The standard InChI is InChI=1S/C20H17FN2O2S/c1-13-3-8-17(14(2)11-13)18(24)12-26-19-20(25)23(10-9-22-19)16-6-4-15(21)5-7-16/h3-11H,12H2,1-2H3. The zero-order valence-electron chi connectivity index (χ0n) is 14.4. The fourth-order valence-corrected chi connectivity index (χ4v) is 3.42. The molecule has 26 heavy (non-hydrogen) atoms. The van der Waals surface area contributed by atoms with Crippen LogP contribution in [-0.4, -0.2) is 21.1 Å². The van der Waals surface area contributed by atoms with Crippen molar-refractivity contribution in [1.29, 1.82) is 0 Å². The van der Waals surface area contributed by atoms with Crippen LogP contribution in [0.5, 0.6) is 0 Å². The van der Waals surface area contributed by atoms with Gasteiger partial charge in [-0.05, 0) is 43.7 Å². The Morgan fingerprint density at radius 1 is 1.15 bits per heavy atom. The van der Waals surface area contributed by atoms with Gasteiger partial charge in [0.05, 0.1) is 5.75 Å². The summed E-state index contributed by atoms with van der Waals surface area (Å²) in [6.45, 7) is 3.87. The zero-order chi connectivity index (χ0) is 18.7. The van der Waals surface area contributed by atoms with Gasteiger partial charge in [-0.15, -0.1) is 0 Å². The predicted molar refractivity (Wildman–Crippen MR) is 101 cm³/mol. The summed E-state index contributed by atoms with van der Waals surface area (Å²) in [5.41, 5.74) is 2.87. The molecule has 4 nitrogen and oxygen atoms in total. The number of carbonyl (C=O) groups excluding carboxylic acids is 1. The predicted octanol–water partition coefficient (Wildman–Crippen LogP) is 3.96. The van der Waals surface area contributed by atoms with Crippen LogP contribution < -0.4 is 5.56 Å². The SMILES string of the molecule is Cc1ccc(C(=O)CSc2nccn(-c3ccc(F)cc3)c2=O)c(C)c1. The third-order valence-corrected chi connectivity index (χ3v) is 4.90. The summed E-state index contributed by atoms with van der Waals surface area (Å²) in [6.07, 6.45) is 3.01. The summed E-state index contributed by atoms with van der Waals surface area (Å²) < 4.78 is 14.5. The lowest BCUT2D eigenvalue weighted by molar-refractivity contribution is 0.102. The Balaban J connectivity index is 1.80. The first-order valence-electron chi connectivity index (χ1n) is 8.02.